The van der Waals surface area contributed by atoms with Crippen molar-refractivity contribution < 1.29 is 15.0 Å². The molecule has 2 unspecified atom stereocenters. The SMILES string of the molecule is CC/C=C\C/C=C\C/C=C\C/C=C\C/C=C\C/C=C\CCCCCCCCC(=O)NC(CO)C(O)/C=C/CC/C=C/CCCCCCCCCCCCCCCCCCCCCCCCCC. The zero-order valence-corrected chi connectivity index (χ0v) is 44.4. The van der Waals surface area contributed by atoms with Crippen LogP contribution < -0.4 is 5.32 Å². The summed E-state index contributed by atoms with van der Waals surface area (Å²) in [5.41, 5.74) is 0. The summed E-state index contributed by atoms with van der Waals surface area (Å²) in [5, 5.41) is 23.2. The van der Waals surface area contributed by atoms with Crippen LogP contribution >= 0.6 is 0 Å². The van der Waals surface area contributed by atoms with Gasteiger partial charge in [0.05, 0.1) is 18.8 Å². The molecule has 67 heavy (non-hydrogen) atoms. The molecule has 0 aliphatic carbocycles. The van der Waals surface area contributed by atoms with E-state index in [1.54, 1.807) is 6.08 Å². The molecule has 0 bridgehead atoms. The molecule has 386 valence electrons. The number of hydrogen-bond acceptors (Lipinski definition) is 3. The Balaban J connectivity index is 3.59. The molecule has 1 amide bonds. The molecule has 3 N–H and O–H groups in total. The molecule has 0 aromatic rings. The Hall–Kier alpha value is -2.69. The Morgan fingerprint density at radius 1 is 0.373 bits per heavy atom. The zero-order chi connectivity index (χ0) is 48.5. The van der Waals surface area contributed by atoms with Crippen molar-refractivity contribution in [3.05, 3.63) is 97.2 Å². The van der Waals surface area contributed by atoms with Crippen LogP contribution in [0.1, 0.15) is 277 Å². The number of rotatable bonds is 52. The maximum absolute atomic E-state index is 12.5. The van der Waals surface area contributed by atoms with E-state index in [2.05, 4.69) is 104 Å². The molecule has 0 aliphatic heterocycles. The van der Waals surface area contributed by atoms with Gasteiger partial charge in [-0.25, -0.2) is 0 Å². The third kappa shape index (κ3) is 54.1. The van der Waals surface area contributed by atoms with Crippen LogP contribution in [-0.2, 0) is 4.79 Å². The highest BCUT2D eigenvalue weighted by atomic mass is 16.3. The Labute approximate surface area is 417 Å². The topological polar surface area (TPSA) is 69.6 Å². The largest absolute Gasteiger partial charge is 0.394 e. The zero-order valence-electron chi connectivity index (χ0n) is 44.4. The van der Waals surface area contributed by atoms with Crippen molar-refractivity contribution in [1.82, 2.24) is 5.32 Å². The predicted molar refractivity (Wildman–Crippen MR) is 299 cm³/mol. The van der Waals surface area contributed by atoms with Crippen LogP contribution in [0.4, 0.5) is 0 Å². The number of unbranched alkanes of at least 4 members (excludes halogenated alkanes) is 31. The molecule has 0 saturated heterocycles. The number of aliphatic hydroxyl groups is 2. The summed E-state index contributed by atoms with van der Waals surface area (Å²) in [7, 11) is 0. The normalized spacial score (nSPS) is 13.6. The number of carbonyl (C=O) groups excluding carboxylic acids is 1. The van der Waals surface area contributed by atoms with E-state index in [0.29, 0.717) is 6.42 Å². The van der Waals surface area contributed by atoms with Crippen LogP contribution in [0, 0.1) is 0 Å². The van der Waals surface area contributed by atoms with Gasteiger partial charge in [-0.15, -0.1) is 0 Å². The summed E-state index contributed by atoms with van der Waals surface area (Å²) < 4.78 is 0. The van der Waals surface area contributed by atoms with Crippen molar-refractivity contribution >= 4 is 5.91 Å². The number of nitrogens with one attached hydrogen (secondary N) is 1. The standard InChI is InChI=1S/C63H111NO3/c1-3-5-7-9-11-13-15-17-19-21-23-25-27-29-30-31-32-33-35-36-38-40-42-44-46-48-50-52-54-56-58-62(66)61(60-65)64-63(67)59-57-55-53-51-49-47-45-43-41-39-37-34-28-26-24-22-20-18-16-14-12-10-8-6-4-2/h6,8,12,14,18,20,24,26,34,37,41,43,48,50,56,58,61-62,65-66H,3-5,7,9-11,13,15-17,19,21-23,25,27-33,35-36,38-40,42,44-47,49,51-55,57,59-60H2,1-2H3,(H,64,67)/b8-6-,14-12-,20-18-,26-24-,37-34-,43-41-,50-48+,58-56+. The van der Waals surface area contributed by atoms with Crippen molar-refractivity contribution in [2.45, 2.75) is 289 Å². The molecule has 4 nitrogen and oxygen atoms in total. The van der Waals surface area contributed by atoms with E-state index in [-0.39, 0.29) is 12.5 Å². The lowest BCUT2D eigenvalue weighted by Gasteiger charge is -2.19. The first-order chi connectivity index (χ1) is 33.2. The molecule has 0 aliphatic rings. The van der Waals surface area contributed by atoms with E-state index in [1.165, 1.54) is 173 Å². The fourth-order valence-corrected chi connectivity index (χ4v) is 8.43. The van der Waals surface area contributed by atoms with Crippen LogP contribution in [0.15, 0.2) is 97.2 Å². The van der Waals surface area contributed by atoms with Gasteiger partial charge < -0.3 is 15.5 Å². The fourth-order valence-electron chi connectivity index (χ4n) is 8.43. The molecule has 0 spiro atoms. The second-order valence-electron chi connectivity index (χ2n) is 19.3. The Morgan fingerprint density at radius 3 is 1.04 bits per heavy atom. The van der Waals surface area contributed by atoms with Gasteiger partial charge in [-0.1, -0.05) is 284 Å². The van der Waals surface area contributed by atoms with Crippen molar-refractivity contribution in [2.75, 3.05) is 6.61 Å². The third-order valence-electron chi connectivity index (χ3n) is 12.8. The number of hydrogen-bond donors (Lipinski definition) is 3. The molecule has 0 heterocycles. The average Bonchev–Trinajstić information content (AvgIpc) is 3.33. The first-order valence-electron chi connectivity index (χ1n) is 29.0. The van der Waals surface area contributed by atoms with Crippen LogP contribution in [0.3, 0.4) is 0 Å². The molecule has 4 heteroatoms. The first-order valence-corrected chi connectivity index (χ1v) is 29.0. The lowest BCUT2D eigenvalue weighted by molar-refractivity contribution is -0.123. The molecular weight excluding hydrogens is 819 g/mol. The lowest BCUT2D eigenvalue weighted by Crippen LogP contribution is -2.45. The summed E-state index contributed by atoms with van der Waals surface area (Å²) in [6.07, 6.45) is 85.8. The van der Waals surface area contributed by atoms with E-state index >= 15 is 0 Å². The molecule has 0 aromatic heterocycles. The van der Waals surface area contributed by atoms with Crippen molar-refractivity contribution in [3.63, 3.8) is 0 Å². The molecule has 0 saturated carbocycles. The van der Waals surface area contributed by atoms with Gasteiger partial charge in [-0.3, -0.25) is 4.79 Å². The summed E-state index contributed by atoms with van der Waals surface area (Å²) in [4.78, 5) is 12.5. The molecule has 0 radical (unpaired) electrons. The van der Waals surface area contributed by atoms with Crippen LogP contribution in [0.25, 0.3) is 0 Å². The molecular formula is C63H111NO3. The Morgan fingerprint density at radius 2 is 0.672 bits per heavy atom. The fraction of sp³-hybridized carbons (Fsp3) is 0.730. The highest BCUT2D eigenvalue weighted by molar-refractivity contribution is 5.76. The Bertz CT molecular complexity index is 1240. The maximum Gasteiger partial charge on any atom is 0.220 e. The first kappa shape index (κ1) is 64.3. The monoisotopic (exact) mass is 930 g/mol. The van der Waals surface area contributed by atoms with Gasteiger partial charge >= 0.3 is 0 Å². The lowest BCUT2D eigenvalue weighted by atomic mass is 10.0. The van der Waals surface area contributed by atoms with Gasteiger partial charge in [0.15, 0.2) is 0 Å². The predicted octanol–water partition coefficient (Wildman–Crippen LogP) is 19.3. The summed E-state index contributed by atoms with van der Waals surface area (Å²) >= 11 is 0. The van der Waals surface area contributed by atoms with E-state index in [1.807, 2.05) is 6.08 Å². The van der Waals surface area contributed by atoms with Crippen LogP contribution in [-0.4, -0.2) is 34.9 Å². The van der Waals surface area contributed by atoms with Gasteiger partial charge in [-0.2, -0.15) is 0 Å². The van der Waals surface area contributed by atoms with Crippen molar-refractivity contribution in [3.8, 4) is 0 Å². The molecule has 0 fully saturated rings. The van der Waals surface area contributed by atoms with Crippen LogP contribution in [0.5, 0.6) is 0 Å². The minimum absolute atomic E-state index is 0.0900. The molecule has 2 atom stereocenters. The maximum atomic E-state index is 12.5. The van der Waals surface area contributed by atoms with Gasteiger partial charge in [0.1, 0.15) is 0 Å². The second-order valence-corrected chi connectivity index (χ2v) is 19.3. The van der Waals surface area contributed by atoms with Crippen molar-refractivity contribution in [2.24, 2.45) is 0 Å². The van der Waals surface area contributed by atoms with Crippen molar-refractivity contribution in [1.29, 1.82) is 0 Å². The summed E-state index contributed by atoms with van der Waals surface area (Å²) in [6.45, 7) is 4.19. The number of carbonyl (C=O) groups is 1. The summed E-state index contributed by atoms with van der Waals surface area (Å²) in [6, 6.07) is -0.656. The average molecular weight is 931 g/mol. The molecule has 0 rings (SSSR count). The van der Waals surface area contributed by atoms with E-state index in [0.717, 1.165) is 83.5 Å². The molecule has 0 aromatic carbocycles. The third-order valence-corrected chi connectivity index (χ3v) is 12.8. The van der Waals surface area contributed by atoms with E-state index in [4.69, 9.17) is 0 Å². The van der Waals surface area contributed by atoms with E-state index < -0.39 is 12.1 Å². The van der Waals surface area contributed by atoms with E-state index in [9.17, 15) is 15.0 Å². The van der Waals surface area contributed by atoms with Gasteiger partial charge in [0.25, 0.3) is 0 Å². The summed E-state index contributed by atoms with van der Waals surface area (Å²) in [5.74, 6) is -0.0900. The Kier molecular flexibility index (Phi) is 55.3. The number of aliphatic hydroxyl groups excluding tert-OH is 2. The highest BCUT2D eigenvalue weighted by Gasteiger charge is 2.18. The van der Waals surface area contributed by atoms with Crippen LogP contribution in [0.2, 0.25) is 0 Å². The quantitative estimate of drug-likeness (QED) is 0.0420. The second kappa shape index (κ2) is 57.6. The number of amides is 1. The van der Waals surface area contributed by atoms with Gasteiger partial charge in [0.2, 0.25) is 5.91 Å². The van der Waals surface area contributed by atoms with Gasteiger partial charge in [-0.05, 0) is 83.5 Å². The van der Waals surface area contributed by atoms with Gasteiger partial charge in [0, 0.05) is 6.42 Å². The minimum Gasteiger partial charge on any atom is -0.394 e. The highest BCUT2D eigenvalue weighted by Crippen LogP contribution is 2.16. The number of allylic oxidation sites excluding steroid dienone is 15. The smallest absolute Gasteiger partial charge is 0.220 e. The minimum atomic E-state index is -0.877.